The van der Waals surface area contributed by atoms with Crippen LogP contribution in [0.5, 0.6) is 11.6 Å². The summed E-state index contributed by atoms with van der Waals surface area (Å²) in [6.45, 7) is 3.44. The molecule has 31 heavy (non-hydrogen) atoms. The normalized spacial score (nSPS) is 19.2. The fourth-order valence-corrected chi connectivity index (χ4v) is 4.01. The number of hydrogen-bond acceptors (Lipinski definition) is 6. The summed E-state index contributed by atoms with van der Waals surface area (Å²) in [7, 11) is 1.89. The number of benzene rings is 1. The smallest absolute Gasteiger partial charge is 0.255 e. The number of carbonyl (C=O) groups is 2. The maximum atomic E-state index is 12.4. The number of fused-ring (bicyclic) bond motifs is 2. The summed E-state index contributed by atoms with van der Waals surface area (Å²) in [6.07, 6.45) is 1.95. The van der Waals surface area contributed by atoms with Gasteiger partial charge in [-0.2, -0.15) is 0 Å². The van der Waals surface area contributed by atoms with Crippen LogP contribution in [0, 0.1) is 5.92 Å². The number of nitrogens with zero attached hydrogens (tertiary/aromatic N) is 3. The number of hydrogen-bond donors (Lipinski definition) is 2. The predicted molar refractivity (Wildman–Crippen MR) is 113 cm³/mol. The monoisotopic (exact) mass is 421 g/mol. The molecule has 2 aromatic heterocycles. The van der Waals surface area contributed by atoms with E-state index in [1.807, 2.05) is 30.7 Å². The number of ether oxygens (including phenoxy) is 2. The highest BCUT2D eigenvalue weighted by molar-refractivity contribution is 5.98. The van der Waals surface area contributed by atoms with Crippen molar-refractivity contribution in [2.24, 2.45) is 13.0 Å². The van der Waals surface area contributed by atoms with Gasteiger partial charge in [-0.3, -0.25) is 9.59 Å². The van der Waals surface area contributed by atoms with Crippen molar-refractivity contribution in [1.29, 1.82) is 0 Å². The first-order chi connectivity index (χ1) is 15.0. The fourth-order valence-electron chi connectivity index (χ4n) is 4.01. The average Bonchev–Trinajstić information content (AvgIpc) is 3.31. The maximum absolute atomic E-state index is 12.4. The Morgan fingerprint density at radius 3 is 2.94 bits per heavy atom. The number of aryl methyl sites for hydroxylation is 1. The van der Waals surface area contributed by atoms with E-state index < -0.39 is 0 Å². The van der Waals surface area contributed by atoms with Gasteiger partial charge in [0.2, 0.25) is 11.8 Å². The molecule has 0 aliphatic carbocycles. The SMILES string of the molecule is CC(Oc1nc(-c2ccc3c(c2)C(=O)NCCO3)cc2ncn(C)c12)C1CNC(=O)C1. The van der Waals surface area contributed by atoms with E-state index in [1.165, 1.54) is 0 Å². The van der Waals surface area contributed by atoms with Crippen LogP contribution in [0.1, 0.15) is 23.7 Å². The highest BCUT2D eigenvalue weighted by atomic mass is 16.5. The van der Waals surface area contributed by atoms with Crippen LogP contribution in [-0.2, 0) is 11.8 Å². The Morgan fingerprint density at radius 2 is 2.13 bits per heavy atom. The van der Waals surface area contributed by atoms with Crippen LogP contribution in [0.3, 0.4) is 0 Å². The Hall–Kier alpha value is -3.62. The third-order valence-corrected chi connectivity index (χ3v) is 5.80. The predicted octanol–water partition coefficient (Wildman–Crippen LogP) is 1.66. The first-order valence-electron chi connectivity index (χ1n) is 10.3. The Labute approximate surface area is 178 Å². The standard InChI is InChI=1S/C22H23N5O4/c1-12(14-8-19(28)24-10-14)31-22-20-17(25-11-27(20)2)9-16(26-22)13-3-4-18-15(7-13)21(29)23-5-6-30-18/h3-4,7,9,11-12,14H,5-6,8,10H2,1-2H3,(H,23,29)(H,24,28). The molecule has 2 unspecified atom stereocenters. The van der Waals surface area contributed by atoms with E-state index in [0.29, 0.717) is 49.0 Å². The number of nitrogens with one attached hydrogen (secondary N) is 2. The molecular formula is C22H23N5O4. The molecule has 9 heteroatoms. The first-order valence-corrected chi connectivity index (χ1v) is 10.3. The second kappa shape index (κ2) is 7.57. The maximum Gasteiger partial charge on any atom is 0.255 e. The van der Waals surface area contributed by atoms with Crippen LogP contribution in [0.25, 0.3) is 22.3 Å². The number of aromatic nitrogens is 3. The van der Waals surface area contributed by atoms with Gasteiger partial charge >= 0.3 is 0 Å². The number of imidazole rings is 1. The molecule has 0 saturated carbocycles. The highest BCUT2D eigenvalue weighted by Crippen LogP contribution is 2.32. The van der Waals surface area contributed by atoms with Crippen molar-refractivity contribution in [3.63, 3.8) is 0 Å². The third-order valence-electron chi connectivity index (χ3n) is 5.80. The quantitative estimate of drug-likeness (QED) is 0.664. The summed E-state index contributed by atoms with van der Waals surface area (Å²) in [6, 6.07) is 7.32. The van der Waals surface area contributed by atoms with E-state index in [-0.39, 0.29) is 23.8 Å². The van der Waals surface area contributed by atoms with Gasteiger partial charge in [0.25, 0.3) is 5.91 Å². The number of pyridine rings is 1. The lowest BCUT2D eigenvalue weighted by atomic mass is 10.0. The van der Waals surface area contributed by atoms with Crippen LogP contribution in [0.4, 0.5) is 0 Å². The van der Waals surface area contributed by atoms with Gasteiger partial charge in [-0.15, -0.1) is 0 Å². The summed E-state index contributed by atoms with van der Waals surface area (Å²) in [5, 5.41) is 5.68. The molecule has 2 amide bonds. The van der Waals surface area contributed by atoms with E-state index in [2.05, 4.69) is 15.6 Å². The summed E-state index contributed by atoms with van der Waals surface area (Å²) in [4.78, 5) is 33.3. The van der Waals surface area contributed by atoms with Crippen molar-refractivity contribution in [1.82, 2.24) is 25.2 Å². The topological polar surface area (TPSA) is 107 Å². The molecule has 5 rings (SSSR count). The minimum atomic E-state index is -0.203. The van der Waals surface area contributed by atoms with Crippen molar-refractivity contribution >= 4 is 22.8 Å². The van der Waals surface area contributed by atoms with Gasteiger partial charge in [0.1, 0.15) is 24.0 Å². The first kappa shape index (κ1) is 19.3. The van der Waals surface area contributed by atoms with Gasteiger partial charge in [-0.25, -0.2) is 9.97 Å². The highest BCUT2D eigenvalue weighted by Gasteiger charge is 2.29. The van der Waals surface area contributed by atoms with Crippen molar-refractivity contribution in [2.45, 2.75) is 19.4 Å². The molecule has 0 radical (unpaired) electrons. The average molecular weight is 421 g/mol. The molecule has 2 N–H and O–H groups in total. The Bertz CT molecular complexity index is 1190. The van der Waals surface area contributed by atoms with Gasteiger partial charge in [-0.1, -0.05) is 0 Å². The van der Waals surface area contributed by atoms with Gasteiger partial charge in [-0.05, 0) is 31.2 Å². The second-order valence-electron chi connectivity index (χ2n) is 7.94. The van der Waals surface area contributed by atoms with Crippen LogP contribution in [-0.4, -0.2) is 52.1 Å². The van der Waals surface area contributed by atoms with Gasteiger partial charge in [0.05, 0.1) is 29.6 Å². The van der Waals surface area contributed by atoms with E-state index in [4.69, 9.17) is 14.5 Å². The molecule has 0 bridgehead atoms. The molecule has 2 atom stereocenters. The van der Waals surface area contributed by atoms with E-state index in [9.17, 15) is 9.59 Å². The molecule has 1 aromatic carbocycles. The van der Waals surface area contributed by atoms with Crippen LogP contribution in [0.15, 0.2) is 30.6 Å². The fraction of sp³-hybridized carbons (Fsp3) is 0.364. The minimum Gasteiger partial charge on any atom is -0.491 e. The molecule has 4 heterocycles. The third kappa shape index (κ3) is 3.56. The summed E-state index contributed by atoms with van der Waals surface area (Å²) < 4.78 is 13.8. The zero-order valence-corrected chi connectivity index (χ0v) is 17.3. The van der Waals surface area contributed by atoms with Crippen molar-refractivity contribution in [3.05, 3.63) is 36.2 Å². The number of rotatable bonds is 4. The minimum absolute atomic E-state index is 0.0401. The molecular weight excluding hydrogens is 398 g/mol. The van der Waals surface area contributed by atoms with Gasteiger partial charge in [0.15, 0.2) is 0 Å². The van der Waals surface area contributed by atoms with Crippen molar-refractivity contribution in [3.8, 4) is 22.9 Å². The lowest BCUT2D eigenvalue weighted by Gasteiger charge is -2.20. The molecule has 2 aliphatic rings. The van der Waals surface area contributed by atoms with Crippen LogP contribution in [0.2, 0.25) is 0 Å². The Morgan fingerprint density at radius 1 is 1.26 bits per heavy atom. The van der Waals surface area contributed by atoms with Crippen molar-refractivity contribution < 1.29 is 19.1 Å². The second-order valence-corrected chi connectivity index (χ2v) is 7.94. The van der Waals surface area contributed by atoms with Crippen LogP contribution < -0.4 is 20.1 Å². The van der Waals surface area contributed by atoms with E-state index in [0.717, 1.165) is 16.6 Å². The summed E-state index contributed by atoms with van der Waals surface area (Å²) >= 11 is 0. The zero-order chi connectivity index (χ0) is 21.5. The summed E-state index contributed by atoms with van der Waals surface area (Å²) in [5.74, 6) is 0.959. The molecule has 0 spiro atoms. The molecule has 1 saturated heterocycles. The molecule has 160 valence electrons. The molecule has 1 fully saturated rings. The van der Waals surface area contributed by atoms with E-state index >= 15 is 0 Å². The van der Waals surface area contributed by atoms with E-state index in [1.54, 1.807) is 18.5 Å². The van der Waals surface area contributed by atoms with Gasteiger partial charge in [0, 0.05) is 31.5 Å². The molecule has 2 aliphatic heterocycles. The largest absolute Gasteiger partial charge is 0.491 e. The lowest BCUT2D eigenvalue weighted by molar-refractivity contribution is -0.119. The van der Waals surface area contributed by atoms with Gasteiger partial charge < -0.3 is 24.7 Å². The number of amides is 2. The Kier molecular flexibility index (Phi) is 4.72. The molecule has 9 nitrogen and oxygen atoms in total. The summed E-state index contributed by atoms with van der Waals surface area (Å²) in [5.41, 5.74) is 3.41. The Balaban J connectivity index is 1.55. The molecule has 3 aromatic rings. The zero-order valence-electron chi connectivity index (χ0n) is 17.3. The van der Waals surface area contributed by atoms with Crippen LogP contribution >= 0.6 is 0 Å². The lowest BCUT2D eigenvalue weighted by Crippen LogP contribution is -2.26. The number of carbonyl (C=O) groups excluding carboxylic acids is 2. The van der Waals surface area contributed by atoms with Crippen molar-refractivity contribution in [2.75, 3.05) is 19.7 Å².